The molecule has 130 valence electrons. The minimum Gasteiger partial charge on any atom is -0.373 e. The minimum absolute atomic E-state index is 0.190. The molecular formula is C20H21FN2O2. The fraction of sp³-hybridized carbons (Fsp3) is 0.350. The number of hydrogen-bond acceptors (Lipinski definition) is 3. The zero-order chi connectivity index (χ0) is 17.2. The van der Waals surface area contributed by atoms with E-state index in [0.717, 1.165) is 24.1 Å². The van der Waals surface area contributed by atoms with Crippen LogP contribution in [0.1, 0.15) is 34.8 Å². The summed E-state index contributed by atoms with van der Waals surface area (Å²) in [7, 11) is 0. The Bertz CT molecular complexity index is 806. The van der Waals surface area contributed by atoms with Crippen LogP contribution >= 0.6 is 0 Å². The van der Waals surface area contributed by atoms with Gasteiger partial charge in [0, 0.05) is 6.54 Å². The molecule has 2 heterocycles. The maximum absolute atomic E-state index is 14.7. The first-order chi connectivity index (χ1) is 12.2. The molecule has 2 aliphatic rings. The van der Waals surface area contributed by atoms with Crippen LogP contribution in [0.15, 0.2) is 36.4 Å². The first kappa shape index (κ1) is 16.2. The summed E-state index contributed by atoms with van der Waals surface area (Å²) >= 11 is 0. The molecule has 2 aromatic carbocycles. The number of nitrogens with one attached hydrogen (secondary N) is 2. The van der Waals surface area contributed by atoms with Gasteiger partial charge in [-0.1, -0.05) is 30.3 Å². The van der Waals surface area contributed by atoms with Gasteiger partial charge in [0.05, 0.1) is 24.8 Å². The van der Waals surface area contributed by atoms with Crippen molar-refractivity contribution in [3.63, 3.8) is 0 Å². The highest BCUT2D eigenvalue weighted by Crippen LogP contribution is 2.30. The van der Waals surface area contributed by atoms with Gasteiger partial charge < -0.3 is 15.4 Å². The normalized spacial score (nSPS) is 19.0. The van der Waals surface area contributed by atoms with E-state index in [1.54, 1.807) is 6.07 Å². The summed E-state index contributed by atoms with van der Waals surface area (Å²) in [5, 5.41) is 5.95. The van der Waals surface area contributed by atoms with Gasteiger partial charge in [-0.3, -0.25) is 4.79 Å². The predicted octanol–water partition coefficient (Wildman–Crippen LogP) is 3.11. The van der Waals surface area contributed by atoms with Gasteiger partial charge in [0.25, 0.3) is 0 Å². The Balaban J connectivity index is 1.48. The van der Waals surface area contributed by atoms with Crippen molar-refractivity contribution in [2.24, 2.45) is 0 Å². The summed E-state index contributed by atoms with van der Waals surface area (Å²) in [6, 6.07) is 11.6. The third-order valence-electron chi connectivity index (χ3n) is 4.94. The lowest BCUT2D eigenvalue weighted by atomic mass is 9.95. The third-order valence-corrected chi connectivity index (χ3v) is 4.94. The largest absolute Gasteiger partial charge is 0.373 e. The lowest BCUT2D eigenvalue weighted by Crippen LogP contribution is -2.26. The lowest BCUT2D eigenvalue weighted by molar-refractivity contribution is -0.119. The quantitative estimate of drug-likeness (QED) is 0.903. The third kappa shape index (κ3) is 3.30. The van der Waals surface area contributed by atoms with Gasteiger partial charge in [0.1, 0.15) is 5.82 Å². The Morgan fingerprint density at radius 2 is 2.08 bits per heavy atom. The van der Waals surface area contributed by atoms with E-state index in [1.165, 1.54) is 5.56 Å². The summed E-state index contributed by atoms with van der Waals surface area (Å²) in [5.74, 6) is -0.535. The van der Waals surface area contributed by atoms with Crippen molar-refractivity contribution in [2.75, 3.05) is 18.5 Å². The van der Waals surface area contributed by atoms with Gasteiger partial charge in [-0.2, -0.15) is 0 Å². The molecule has 1 amide bonds. The molecule has 1 atom stereocenters. The average molecular weight is 340 g/mol. The average Bonchev–Trinajstić information content (AvgIpc) is 2.65. The highest BCUT2D eigenvalue weighted by molar-refractivity contribution is 5.91. The van der Waals surface area contributed by atoms with Gasteiger partial charge >= 0.3 is 0 Å². The number of ether oxygens (including phenoxy) is 1. The molecule has 0 aromatic heterocycles. The summed E-state index contributed by atoms with van der Waals surface area (Å²) < 4.78 is 20.4. The van der Waals surface area contributed by atoms with Gasteiger partial charge in [-0.15, -0.1) is 0 Å². The SMILES string of the molecule is O=C(CC1OCCc2ccccc21)Nc1ccc2c(c1F)CCNC2. The topological polar surface area (TPSA) is 50.4 Å². The van der Waals surface area contributed by atoms with Crippen LogP contribution in [0.25, 0.3) is 0 Å². The van der Waals surface area contributed by atoms with Crippen molar-refractivity contribution in [2.45, 2.75) is 31.9 Å². The molecule has 25 heavy (non-hydrogen) atoms. The molecule has 0 spiro atoms. The van der Waals surface area contributed by atoms with Crippen LogP contribution in [0.4, 0.5) is 10.1 Å². The molecule has 2 aromatic rings. The smallest absolute Gasteiger partial charge is 0.227 e. The van der Waals surface area contributed by atoms with Gasteiger partial charge in [0.15, 0.2) is 0 Å². The van der Waals surface area contributed by atoms with Gasteiger partial charge in [-0.25, -0.2) is 4.39 Å². The standard InChI is InChI=1S/C20H21FN2O2/c21-20-16-7-9-22-12-14(16)5-6-17(20)23-19(24)11-18-15-4-2-1-3-13(15)8-10-25-18/h1-6,18,22H,7-12H2,(H,23,24). The molecule has 0 saturated carbocycles. The number of carbonyl (C=O) groups excluding carboxylic acids is 1. The van der Waals surface area contributed by atoms with E-state index in [1.807, 2.05) is 24.3 Å². The van der Waals surface area contributed by atoms with Crippen molar-refractivity contribution in [1.82, 2.24) is 5.32 Å². The fourth-order valence-corrected chi connectivity index (χ4v) is 3.65. The molecule has 0 saturated heterocycles. The molecule has 2 aliphatic heterocycles. The van der Waals surface area contributed by atoms with E-state index in [4.69, 9.17) is 4.74 Å². The van der Waals surface area contributed by atoms with E-state index < -0.39 is 0 Å². The first-order valence-electron chi connectivity index (χ1n) is 8.72. The molecule has 0 fully saturated rings. The number of carbonyl (C=O) groups is 1. The van der Waals surface area contributed by atoms with Crippen molar-refractivity contribution in [1.29, 1.82) is 0 Å². The molecule has 5 heteroatoms. The maximum atomic E-state index is 14.7. The second kappa shape index (κ2) is 6.94. The van der Waals surface area contributed by atoms with Crippen LogP contribution in [-0.2, 0) is 28.9 Å². The van der Waals surface area contributed by atoms with Crippen LogP contribution in [0, 0.1) is 5.82 Å². The van der Waals surface area contributed by atoms with Gasteiger partial charge in [0.2, 0.25) is 5.91 Å². The molecule has 2 N–H and O–H groups in total. The summed E-state index contributed by atoms with van der Waals surface area (Å²) in [6.45, 7) is 2.04. The lowest BCUT2D eigenvalue weighted by Gasteiger charge is -2.26. The van der Waals surface area contributed by atoms with Crippen LogP contribution in [0.2, 0.25) is 0 Å². The Morgan fingerprint density at radius 1 is 1.20 bits per heavy atom. The monoisotopic (exact) mass is 340 g/mol. The van der Waals surface area contributed by atoms with Crippen molar-refractivity contribution in [3.05, 3.63) is 64.5 Å². The Hall–Kier alpha value is -2.24. The highest BCUT2D eigenvalue weighted by atomic mass is 19.1. The van der Waals surface area contributed by atoms with Crippen molar-refractivity contribution >= 4 is 11.6 Å². The van der Waals surface area contributed by atoms with Gasteiger partial charge in [-0.05, 0) is 47.7 Å². The van der Waals surface area contributed by atoms with Crippen molar-refractivity contribution in [3.8, 4) is 0 Å². The highest BCUT2D eigenvalue weighted by Gasteiger charge is 2.24. The van der Waals surface area contributed by atoms with Crippen LogP contribution < -0.4 is 10.6 Å². The van der Waals surface area contributed by atoms with Crippen LogP contribution in [0.3, 0.4) is 0 Å². The summed E-state index contributed by atoms with van der Waals surface area (Å²) in [4.78, 5) is 12.4. The van der Waals surface area contributed by atoms with E-state index in [0.29, 0.717) is 25.1 Å². The zero-order valence-corrected chi connectivity index (χ0v) is 14.0. The number of anilines is 1. The van der Waals surface area contributed by atoms with Crippen molar-refractivity contribution < 1.29 is 13.9 Å². The van der Waals surface area contributed by atoms with E-state index in [9.17, 15) is 9.18 Å². The number of hydrogen-bond donors (Lipinski definition) is 2. The molecule has 0 bridgehead atoms. The van der Waals surface area contributed by atoms with E-state index in [-0.39, 0.29) is 29.9 Å². The minimum atomic E-state index is -0.308. The van der Waals surface area contributed by atoms with Crippen LogP contribution in [-0.4, -0.2) is 19.1 Å². The number of amides is 1. The molecule has 0 radical (unpaired) electrons. The first-order valence-corrected chi connectivity index (χ1v) is 8.72. The number of benzene rings is 2. The Labute approximate surface area is 146 Å². The molecular weight excluding hydrogens is 319 g/mol. The van der Waals surface area contributed by atoms with E-state index >= 15 is 0 Å². The zero-order valence-electron chi connectivity index (χ0n) is 14.0. The van der Waals surface area contributed by atoms with Crippen LogP contribution in [0.5, 0.6) is 0 Å². The number of fused-ring (bicyclic) bond motifs is 2. The molecule has 0 aliphatic carbocycles. The number of rotatable bonds is 3. The summed E-state index contributed by atoms with van der Waals surface area (Å²) in [5.41, 5.74) is 4.21. The second-order valence-corrected chi connectivity index (χ2v) is 6.55. The van der Waals surface area contributed by atoms with E-state index in [2.05, 4.69) is 16.7 Å². The molecule has 1 unspecified atom stereocenters. The Morgan fingerprint density at radius 3 is 3.00 bits per heavy atom. The predicted molar refractivity (Wildman–Crippen MR) is 93.9 cm³/mol. The summed E-state index contributed by atoms with van der Waals surface area (Å²) in [6.07, 6.45) is 1.43. The molecule has 4 rings (SSSR count). The second-order valence-electron chi connectivity index (χ2n) is 6.55. The maximum Gasteiger partial charge on any atom is 0.227 e. The molecule has 4 nitrogen and oxygen atoms in total. The number of halogens is 1. The Kier molecular flexibility index (Phi) is 4.51. The fourth-order valence-electron chi connectivity index (χ4n) is 3.65.